The lowest BCUT2D eigenvalue weighted by Crippen LogP contribution is -2.35. The number of piperidine rings is 1. The Bertz CT molecular complexity index is 923. The number of esters is 1. The van der Waals surface area contributed by atoms with E-state index in [2.05, 4.69) is 4.90 Å². The molecule has 0 radical (unpaired) electrons. The molecule has 0 aliphatic carbocycles. The Labute approximate surface area is 168 Å². The maximum atomic E-state index is 12.1. The van der Waals surface area contributed by atoms with Crippen LogP contribution in [0.2, 0.25) is 0 Å². The molecular formula is C21H23N3O5. The van der Waals surface area contributed by atoms with Crippen LogP contribution in [0.25, 0.3) is 0 Å². The zero-order valence-corrected chi connectivity index (χ0v) is 16.0. The number of primary amides is 1. The topological polar surface area (TPSA) is 130 Å². The van der Waals surface area contributed by atoms with E-state index < -0.39 is 11.9 Å². The van der Waals surface area contributed by atoms with E-state index in [0.717, 1.165) is 38.0 Å². The van der Waals surface area contributed by atoms with Gasteiger partial charge in [-0.2, -0.15) is 5.26 Å². The molecule has 1 fully saturated rings. The highest BCUT2D eigenvalue weighted by Crippen LogP contribution is 2.28. The number of nitriles is 1. The van der Waals surface area contributed by atoms with Crippen molar-refractivity contribution in [3.05, 3.63) is 53.0 Å². The molecule has 0 atom stereocenters. The van der Waals surface area contributed by atoms with Gasteiger partial charge < -0.3 is 24.9 Å². The average Bonchev–Trinajstić information content (AvgIpc) is 3.21. The molecule has 1 saturated heterocycles. The van der Waals surface area contributed by atoms with E-state index in [1.165, 1.54) is 12.3 Å². The lowest BCUT2D eigenvalue weighted by molar-refractivity contribution is 0.0435. The normalized spacial score (nSPS) is 14.4. The van der Waals surface area contributed by atoms with Gasteiger partial charge in [-0.1, -0.05) is 6.07 Å². The van der Waals surface area contributed by atoms with Gasteiger partial charge in [-0.25, -0.2) is 4.79 Å². The van der Waals surface area contributed by atoms with Gasteiger partial charge in [0.15, 0.2) is 0 Å². The fourth-order valence-electron chi connectivity index (χ4n) is 3.56. The van der Waals surface area contributed by atoms with Crippen molar-refractivity contribution in [2.45, 2.75) is 25.9 Å². The van der Waals surface area contributed by atoms with Crippen LogP contribution in [0, 0.1) is 17.2 Å². The van der Waals surface area contributed by atoms with Crippen LogP contribution in [0.3, 0.4) is 0 Å². The van der Waals surface area contributed by atoms with Gasteiger partial charge in [0.2, 0.25) is 5.76 Å². The van der Waals surface area contributed by atoms with E-state index in [0.29, 0.717) is 17.0 Å². The predicted molar refractivity (Wildman–Crippen MR) is 104 cm³/mol. The van der Waals surface area contributed by atoms with Gasteiger partial charge in [0, 0.05) is 25.4 Å². The fraction of sp³-hybridized carbons (Fsp3) is 0.381. The fourth-order valence-corrected chi connectivity index (χ4v) is 3.56. The molecule has 1 aromatic heterocycles. The van der Waals surface area contributed by atoms with Crippen molar-refractivity contribution in [3.8, 4) is 6.07 Å². The zero-order valence-electron chi connectivity index (χ0n) is 16.0. The monoisotopic (exact) mass is 397 g/mol. The molecule has 0 bridgehead atoms. The SMILES string of the molecule is N#Cc1ccoc1C(=O)OCc1ccc(N2CCC(CCO)CC2)c(C(N)=O)c1. The van der Waals surface area contributed by atoms with Gasteiger partial charge in [-0.15, -0.1) is 0 Å². The number of hydrogen-bond acceptors (Lipinski definition) is 7. The van der Waals surface area contributed by atoms with Crippen LogP contribution in [0.5, 0.6) is 0 Å². The molecule has 3 N–H and O–H groups in total. The highest BCUT2D eigenvalue weighted by molar-refractivity contribution is 5.99. The standard InChI is InChI=1S/C21H23N3O5/c22-12-16-6-10-28-19(16)21(27)29-13-15-1-2-18(17(11-15)20(23)26)24-7-3-14(4-8-24)5-9-25/h1-2,6,10-11,14,25H,3-5,7-9,13H2,(H2,23,26). The Kier molecular flexibility index (Phi) is 6.52. The summed E-state index contributed by atoms with van der Waals surface area (Å²) in [4.78, 5) is 26.2. The summed E-state index contributed by atoms with van der Waals surface area (Å²) in [7, 11) is 0. The summed E-state index contributed by atoms with van der Waals surface area (Å²) in [6.45, 7) is 1.69. The number of furan rings is 1. The van der Waals surface area contributed by atoms with Gasteiger partial charge in [0.1, 0.15) is 18.2 Å². The molecule has 1 aromatic carbocycles. The van der Waals surface area contributed by atoms with Gasteiger partial charge in [0.25, 0.3) is 5.91 Å². The summed E-state index contributed by atoms with van der Waals surface area (Å²) < 4.78 is 10.2. The molecule has 1 aliphatic heterocycles. The molecule has 1 aliphatic rings. The third-order valence-electron chi connectivity index (χ3n) is 5.16. The first-order valence-electron chi connectivity index (χ1n) is 9.46. The third kappa shape index (κ3) is 4.76. The second-order valence-corrected chi connectivity index (χ2v) is 7.01. The molecule has 0 saturated carbocycles. The molecule has 2 aromatic rings. The number of nitrogens with two attached hydrogens (primary N) is 1. The van der Waals surface area contributed by atoms with E-state index in [-0.39, 0.29) is 24.5 Å². The number of aliphatic hydroxyl groups excluding tert-OH is 1. The Balaban J connectivity index is 1.69. The van der Waals surface area contributed by atoms with Crippen LogP contribution in [0.1, 0.15) is 51.3 Å². The third-order valence-corrected chi connectivity index (χ3v) is 5.16. The average molecular weight is 397 g/mol. The first-order valence-corrected chi connectivity index (χ1v) is 9.46. The van der Waals surface area contributed by atoms with Crippen LogP contribution in [0.4, 0.5) is 5.69 Å². The number of ether oxygens (including phenoxy) is 1. The second-order valence-electron chi connectivity index (χ2n) is 7.01. The molecular weight excluding hydrogens is 374 g/mol. The number of hydrogen-bond donors (Lipinski definition) is 2. The number of benzene rings is 1. The van der Waals surface area contributed by atoms with Crippen molar-refractivity contribution < 1.29 is 23.8 Å². The number of nitrogens with zero attached hydrogens (tertiary/aromatic N) is 2. The Morgan fingerprint density at radius 3 is 2.72 bits per heavy atom. The highest BCUT2D eigenvalue weighted by atomic mass is 16.5. The van der Waals surface area contributed by atoms with Crippen LogP contribution in [-0.4, -0.2) is 36.7 Å². The Morgan fingerprint density at radius 1 is 1.31 bits per heavy atom. The summed E-state index contributed by atoms with van der Waals surface area (Å²) in [5.74, 6) is -0.956. The van der Waals surface area contributed by atoms with Crippen LogP contribution < -0.4 is 10.6 Å². The molecule has 8 nitrogen and oxygen atoms in total. The summed E-state index contributed by atoms with van der Waals surface area (Å²) in [5, 5.41) is 18.0. The minimum Gasteiger partial charge on any atom is -0.456 e. The second kappa shape index (κ2) is 9.26. The van der Waals surface area contributed by atoms with E-state index in [1.807, 2.05) is 12.1 Å². The number of rotatable bonds is 7. The van der Waals surface area contributed by atoms with Gasteiger partial charge in [0.05, 0.1) is 11.8 Å². The quantitative estimate of drug-likeness (QED) is 0.685. The lowest BCUT2D eigenvalue weighted by Gasteiger charge is -2.34. The number of anilines is 1. The minimum absolute atomic E-state index is 0.0798. The smallest absolute Gasteiger partial charge is 0.375 e. The lowest BCUT2D eigenvalue weighted by atomic mass is 9.93. The van der Waals surface area contributed by atoms with E-state index >= 15 is 0 Å². The number of amides is 1. The number of carbonyl (C=O) groups excluding carboxylic acids is 2. The molecule has 152 valence electrons. The van der Waals surface area contributed by atoms with Crippen molar-refractivity contribution in [2.75, 3.05) is 24.6 Å². The van der Waals surface area contributed by atoms with E-state index in [1.54, 1.807) is 12.1 Å². The summed E-state index contributed by atoms with van der Waals surface area (Å²) in [6.07, 6.45) is 3.94. The van der Waals surface area contributed by atoms with Crippen molar-refractivity contribution in [1.29, 1.82) is 5.26 Å². The molecule has 2 heterocycles. The molecule has 0 spiro atoms. The van der Waals surface area contributed by atoms with Crippen LogP contribution in [0.15, 0.2) is 34.9 Å². The van der Waals surface area contributed by atoms with Gasteiger partial charge >= 0.3 is 5.97 Å². The van der Waals surface area contributed by atoms with Crippen molar-refractivity contribution >= 4 is 17.6 Å². The van der Waals surface area contributed by atoms with Crippen LogP contribution in [-0.2, 0) is 11.3 Å². The highest BCUT2D eigenvalue weighted by Gasteiger charge is 2.23. The maximum Gasteiger partial charge on any atom is 0.375 e. The largest absolute Gasteiger partial charge is 0.456 e. The van der Waals surface area contributed by atoms with Crippen molar-refractivity contribution in [1.82, 2.24) is 0 Å². The summed E-state index contributed by atoms with van der Waals surface area (Å²) >= 11 is 0. The van der Waals surface area contributed by atoms with E-state index in [4.69, 9.17) is 25.3 Å². The minimum atomic E-state index is -0.748. The van der Waals surface area contributed by atoms with Crippen molar-refractivity contribution in [2.24, 2.45) is 11.7 Å². The maximum absolute atomic E-state index is 12.1. The number of aliphatic hydroxyl groups is 1. The summed E-state index contributed by atoms with van der Waals surface area (Å²) in [5.41, 5.74) is 7.42. The van der Waals surface area contributed by atoms with Gasteiger partial charge in [-0.3, -0.25) is 4.79 Å². The van der Waals surface area contributed by atoms with Crippen molar-refractivity contribution in [3.63, 3.8) is 0 Å². The zero-order chi connectivity index (χ0) is 20.8. The van der Waals surface area contributed by atoms with E-state index in [9.17, 15) is 9.59 Å². The first kappa shape index (κ1) is 20.4. The van der Waals surface area contributed by atoms with Gasteiger partial charge in [-0.05, 0) is 48.9 Å². The number of carbonyl (C=O) groups is 2. The molecule has 1 amide bonds. The molecule has 0 unspecified atom stereocenters. The first-order chi connectivity index (χ1) is 14.0. The summed E-state index contributed by atoms with van der Waals surface area (Å²) in [6, 6.07) is 8.46. The molecule has 29 heavy (non-hydrogen) atoms. The Hall–Kier alpha value is -3.31. The van der Waals surface area contributed by atoms with Crippen LogP contribution >= 0.6 is 0 Å². The molecule has 8 heteroatoms. The Morgan fingerprint density at radius 2 is 2.07 bits per heavy atom. The molecule has 3 rings (SSSR count). The predicted octanol–water partition coefficient (Wildman–Crippen LogP) is 2.21.